The molecule has 6 heteroatoms. The second-order valence-corrected chi connectivity index (χ2v) is 5.27. The van der Waals surface area contributed by atoms with Crippen molar-refractivity contribution in [3.63, 3.8) is 0 Å². The van der Waals surface area contributed by atoms with Gasteiger partial charge in [0.05, 0.1) is 5.56 Å². The molecule has 4 nitrogen and oxygen atoms in total. The number of amides is 2. The summed E-state index contributed by atoms with van der Waals surface area (Å²) in [6.45, 7) is 3.88. The molecule has 0 bridgehead atoms. The van der Waals surface area contributed by atoms with E-state index in [2.05, 4.69) is 26.6 Å². The standard InChI is InChI=1S/C13H16BrFN2O2/c1-8(2)17-12(18)5-6-16-13(19)10-7-9(14)3-4-11(10)15/h3-4,7-8H,5-6H2,1-2H3,(H,16,19)(H,17,18). The molecule has 0 saturated carbocycles. The van der Waals surface area contributed by atoms with Gasteiger partial charge in [-0.25, -0.2) is 4.39 Å². The summed E-state index contributed by atoms with van der Waals surface area (Å²) in [4.78, 5) is 23.1. The summed E-state index contributed by atoms with van der Waals surface area (Å²) >= 11 is 3.17. The molecule has 0 aliphatic rings. The summed E-state index contributed by atoms with van der Waals surface area (Å²) in [6.07, 6.45) is 0.166. The number of rotatable bonds is 5. The van der Waals surface area contributed by atoms with Gasteiger partial charge in [-0.05, 0) is 32.0 Å². The molecule has 0 aliphatic heterocycles. The highest BCUT2D eigenvalue weighted by molar-refractivity contribution is 9.10. The molecule has 0 unspecified atom stereocenters. The van der Waals surface area contributed by atoms with E-state index in [4.69, 9.17) is 0 Å². The predicted octanol–water partition coefficient (Wildman–Crippen LogP) is 2.23. The van der Waals surface area contributed by atoms with Crippen LogP contribution in [0.2, 0.25) is 0 Å². The summed E-state index contributed by atoms with van der Waals surface area (Å²) in [5.74, 6) is -1.27. The summed E-state index contributed by atoms with van der Waals surface area (Å²) < 4.78 is 14.0. The Kier molecular flexibility index (Phi) is 5.95. The molecule has 1 aromatic carbocycles. The molecule has 0 aliphatic carbocycles. The molecule has 0 fully saturated rings. The van der Waals surface area contributed by atoms with Crippen LogP contribution in [0.25, 0.3) is 0 Å². The second kappa shape index (κ2) is 7.23. The highest BCUT2D eigenvalue weighted by atomic mass is 79.9. The van der Waals surface area contributed by atoms with Crippen molar-refractivity contribution in [2.45, 2.75) is 26.3 Å². The fourth-order valence-corrected chi connectivity index (χ4v) is 1.81. The molecule has 0 heterocycles. The van der Waals surface area contributed by atoms with Gasteiger partial charge in [-0.2, -0.15) is 0 Å². The third-order valence-corrected chi connectivity index (χ3v) is 2.75. The van der Waals surface area contributed by atoms with E-state index in [0.29, 0.717) is 4.47 Å². The average molecular weight is 331 g/mol. The summed E-state index contributed by atoms with van der Waals surface area (Å²) in [5, 5.41) is 5.22. The van der Waals surface area contributed by atoms with Gasteiger partial charge < -0.3 is 10.6 Å². The number of hydrogen-bond donors (Lipinski definition) is 2. The maximum atomic E-state index is 13.4. The Balaban J connectivity index is 2.48. The van der Waals surface area contributed by atoms with E-state index in [-0.39, 0.29) is 30.5 Å². The van der Waals surface area contributed by atoms with Gasteiger partial charge in [0.15, 0.2) is 0 Å². The van der Waals surface area contributed by atoms with Gasteiger partial charge in [0, 0.05) is 23.5 Å². The molecule has 2 N–H and O–H groups in total. The lowest BCUT2D eigenvalue weighted by Crippen LogP contribution is -2.34. The van der Waals surface area contributed by atoms with Crippen molar-refractivity contribution >= 4 is 27.7 Å². The molecule has 1 rings (SSSR count). The second-order valence-electron chi connectivity index (χ2n) is 4.35. The topological polar surface area (TPSA) is 58.2 Å². The number of carbonyl (C=O) groups is 2. The lowest BCUT2D eigenvalue weighted by atomic mass is 10.2. The van der Waals surface area contributed by atoms with Crippen LogP contribution >= 0.6 is 15.9 Å². The molecule has 0 radical (unpaired) electrons. The first-order valence-electron chi connectivity index (χ1n) is 5.92. The van der Waals surface area contributed by atoms with E-state index in [0.717, 1.165) is 0 Å². The Bertz CT molecular complexity index is 478. The maximum Gasteiger partial charge on any atom is 0.254 e. The van der Waals surface area contributed by atoms with Crippen LogP contribution in [0.1, 0.15) is 30.6 Å². The molecule has 0 atom stereocenters. The van der Waals surface area contributed by atoms with Crippen molar-refractivity contribution < 1.29 is 14.0 Å². The Morgan fingerprint density at radius 3 is 2.68 bits per heavy atom. The molecule has 19 heavy (non-hydrogen) atoms. The molecule has 2 amide bonds. The van der Waals surface area contributed by atoms with Crippen LogP contribution in [0.15, 0.2) is 22.7 Å². The first-order chi connectivity index (χ1) is 8.90. The van der Waals surface area contributed by atoms with Crippen LogP contribution in [0.5, 0.6) is 0 Å². The number of halogens is 2. The van der Waals surface area contributed by atoms with Gasteiger partial charge in [0.25, 0.3) is 5.91 Å². The van der Waals surface area contributed by atoms with Crippen molar-refractivity contribution in [1.29, 1.82) is 0 Å². The van der Waals surface area contributed by atoms with Crippen LogP contribution in [-0.2, 0) is 4.79 Å². The molecule has 1 aromatic rings. The van der Waals surface area contributed by atoms with Crippen LogP contribution in [0.4, 0.5) is 4.39 Å². The first-order valence-corrected chi connectivity index (χ1v) is 6.72. The molecule has 0 spiro atoms. The van der Waals surface area contributed by atoms with Crippen LogP contribution in [0.3, 0.4) is 0 Å². The molecular weight excluding hydrogens is 315 g/mol. The van der Waals surface area contributed by atoms with Gasteiger partial charge in [0.1, 0.15) is 5.82 Å². The van der Waals surface area contributed by atoms with Crippen molar-refractivity contribution in [3.05, 3.63) is 34.1 Å². The summed E-state index contributed by atoms with van der Waals surface area (Å²) in [6, 6.07) is 4.19. The van der Waals surface area contributed by atoms with E-state index >= 15 is 0 Å². The predicted molar refractivity (Wildman–Crippen MR) is 74.3 cm³/mol. The lowest BCUT2D eigenvalue weighted by molar-refractivity contribution is -0.121. The normalized spacial score (nSPS) is 10.4. The van der Waals surface area contributed by atoms with Gasteiger partial charge in [-0.15, -0.1) is 0 Å². The Labute approximate surface area is 119 Å². The van der Waals surface area contributed by atoms with Crippen LogP contribution in [-0.4, -0.2) is 24.4 Å². The van der Waals surface area contributed by atoms with Crippen molar-refractivity contribution in [1.82, 2.24) is 10.6 Å². The van der Waals surface area contributed by atoms with Gasteiger partial charge >= 0.3 is 0 Å². The zero-order chi connectivity index (χ0) is 14.4. The highest BCUT2D eigenvalue weighted by Gasteiger charge is 2.12. The summed E-state index contributed by atoms with van der Waals surface area (Å²) in [7, 11) is 0. The Morgan fingerprint density at radius 1 is 1.37 bits per heavy atom. The minimum atomic E-state index is -0.590. The van der Waals surface area contributed by atoms with Crippen LogP contribution in [0, 0.1) is 5.82 Å². The van der Waals surface area contributed by atoms with Crippen molar-refractivity contribution in [3.8, 4) is 0 Å². The number of nitrogens with one attached hydrogen (secondary N) is 2. The zero-order valence-electron chi connectivity index (χ0n) is 10.8. The van der Waals surface area contributed by atoms with Gasteiger partial charge in [-0.1, -0.05) is 15.9 Å². The SMILES string of the molecule is CC(C)NC(=O)CCNC(=O)c1cc(Br)ccc1F. The smallest absolute Gasteiger partial charge is 0.254 e. The van der Waals surface area contributed by atoms with Crippen molar-refractivity contribution in [2.75, 3.05) is 6.54 Å². The highest BCUT2D eigenvalue weighted by Crippen LogP contribution is 2.15. The van der Waals surface area contributed by atoms with Gasteiger partial charge in [-0.3, -0.25) is 9.59 Å². The molecule has 104 valence electrons. The fourth-order valence-electron chi connectivity index (χ4n) is 1.45. The molecule has 0 aromatic heterocycles. The van der Waals surface area contributed by atoms with E-state index in [1.807, 2.05) is 13.8 Å². The summed E-state index contributed by atoms with van der Waals surface area (Å²) in [5.41, 5.74) is -0.0429. The average Bonchev–Trinajstić information content (AvgIpc) is 2.31. The van der Waals surface area contributed by atoms with Crippen molar-refractivity contribution in [2.24, 2.45) is 0 Å². The van der Waals surface area contributed by atoms with E-state index in [1.54, 1.807) is 0 Å². The van der Waals surface area contributed by atoms with Crippen LogP contribution < -0.4 is 10.6 Å². The number of benzene rings is 1. The monoisotopic (exact) mass is 330 g/mol. The lowest BCUT2D eigenvalue weighted by Gasteiger charge is -2.09. The third-order valence-electron chi connectivity index (χ3n) is 2.26. The minimum Gasteiger partial charge on any atom is -0.354 e. The third kappa shape index (κ3) is 5.38. The van der Waals surface area contributed by atoms with Gasteiger partial charge in [0.2, 0.25) is 5.91 Å². The molecule has 0 saturated heterocycles. The van der Waals surface area contributed by atoms with E-state index in [1.165, 1.54) is 18.2 Å². The van der Waals surface area contributed by atoms with E-state index in [9.17, 15) is 14.0 Å². The zero-order valence-corrected chi connectivity index (χ0v) is 12.4. The number of carbonyl (C=O) groups excluding carboxylic acids is 2. The first kappa shape index (κ1) is 15.6. The molecular formula is C13H16BrFN2O2. The largest absolute Gasteiger partial charge is 0.354 e. The Morgan fingerprint density at radius 2 is 2.05 bits per heavy atom. The quantitative estimate of drug-likeness (QED) is 0.869. The minimum absolute atomic E-state index is 0.0429. The maximum absolute atomic E-state index is 13.4. The number of hydrogen-bond acceptors (Lipinski definition) is 2. The van der Waals surface area contributed by atoms with E-state index < -0.39 is 11.7 Å². The Hall–Kier alpha value is -1.43. The fraction of sp³-hybridized carbons (Fsp3) is 0.385.